The van der Waals surface area contributed by atoms with Gasteiger partial charge in [0.05, 0.1) is 24.4 Å². The molecular weight excluding hydrogens is 510 g/mol. The summed E-state index contributed by atoms with van der Waals surface area (Å²) in [6.45, 7) is 10.2. The molecule has 0 spiro atoms. The zero-order valence-corrected chi connectivity index (χ0v) is 24.4. The molecule has 0 aliphatic carbocycles. The highest BCUT2D eigenvalue weighted by Gasteiger charge is 2.41. The highest BCUT2D eigenvalue weighted by molar-refractivity contribution is 5.89. The van der Waals surface area contributed by atoms with Crippen molar-refractivity contribution >= 4 is 11.8 Å². The van der Waals surface area contributed by atoms with Gasteiger partial charge < -0.3 is 30.1 Å². The molecule has 2 aliphatic rings. The van der Waals surface area contributed by atoms with Crippen molar-refractivity contribution in [2.24, 2.45) is 11.8 Å². The number of aliphatic hydroxyl groups excluding tert-OH is 2. The van der Waals surface area contributed by atoms with Gasteiger partial charge in [-0.15, -0.1) is 0 Å². The predicted molar refractivity (Wildman–Crippen MR) is 153 cm³/mol. The van der Waals surface area contributed by atoms with Crippen LogP contribution < -0.4 is 10.1 Å². The quantitative estimate of drug-likeness (QED) is 0.412. The maximum absolute atomic E-state index is 13.5. The van der Waals surface area contributed by atoms with E-state index in [1.807, 2.05) is 56.6 Å². The molecular formula is C30H45N5O5. The van der Waals surface area contributed by atoms with E-state index in [9.17, 15) is 19.8 Å². The van der Waals surface area contributed by atoms with Crippen LogP contribution >= 0.6 is 0 Å². The molecule has 4 rings (SSSR count). The number of aryl methyl sites for hydroxylation is 1. The van der Waals surface area contributed by atoms with Gasteiger partial charge in [0.2, 0.25) is 11.8 Å². The van der Waals surface area contributed by atoms with E-state index in [4.69, 9.17) is 4.74 Å². The first-order chi connectivity index (χ1) is 19.1. The number of hydrogen-bond acceptors (Lipinski definition) is 7. The molecule has 10 heteroatoms. The monoisotopic (exact) mass is 555 g/mol. The molecule has 220 valence electrons. The van der Waals surface area contributed by atoms with Gasteiger partial charge in [-0.2, -0.15) is 5.10 Å². The lowest BCUT2D eigenvalue weighted by Gasteiger charge is -2.32. The van der Waals surface area contributed by atoms with Gasteiger partial charge in [0.25, 0.3) is 0 Å². The average molecular weight is 556 g/mol. The second-order valence-corrected chi connectivity index (χ2v) is 11.6. The number of piperidine rings is 1. The second kappa shape index (κ2) is 13.1. The van der Waals surface area contributed by atoms with Gasteiger partial charge in [-0.1, -0.05) is 32.9 Å². The maximum atomic E-state index is 13.5. The third-order valence-electron chi connectivity index (χ3n) is 8.41. The highest BCUT2D eigenvalue weighted by atomic mass is 16.5. The van der Waals surface area contributed by atoms with E-state index in [0.717, 1.165) is 43.7 Å². The van der Waals surface area contributed by atoms with E-state index in [0.29, 0.717) is 11.3 Å². The molecule has 2 amide bonds. The third kappa shape index (κ3) is 6.67. The minimum absolute atomic E-state index is 0.0203. The van der Waals surface area contributed by atoms with Crippen LogP contribution in [0, 0.1) is 11.8 Å². The van der Waals surface area contributed by atoms with Crippen molar-refractivity contribution in [2.75, 3.05) is 33.3 Å². The Hall–Kier alpha value is -2.95. The molecule has 1 aromatic carbocycles. The molecule has 4 atom stereocenters. The van der Waals surface area contributed by atoms with Gasteiger partial charge in [-0.05, 0) is 44.9 Å². The number of amides is 2. The Morgan fingerprint density at radius 2 is 1.90 bits per heavy atom. The first-order valence-corrected chi connectivity index (χ1v) is 14.5. The Morgan fingerprint density at radius 1 is 1.18 bits per heavy atom. The number of nitrogens with zero attached hydrogens (tertiary/aromatic N) is 4. The molecule has 0 radical (unpaired) electrons. The van der Waals surface area contributed by atoms with E-state index >= 15 is 0 Å². The van der Waals surface area contributed by atoms with E-state index in [2.05, 4.69) is 22.4 Å². The Kier molecular flexibility index (Phi) is 9.86. The number of benzene rings is 1. The highest BCUT2D eigenvalue weighted by Crippen LogP contribution is 2.34. The SMILES string of the molecule is CCn1nccc1-c1ccc(C(CO)NC(=O)C2CC(O)CN2C(=O)C(C)C(C)C)c(OC2CCN(C)CC2)c1. The number of hydrogen-bond donors (Lipinski definition) is 3. The number of aromatic nitrogens is 2. The number of likely N-dealkylation sites (tertiary alicyclic amines) is 2. The number of nitrogens with one attached hydrogen (secondary N) is 1. The van der Waals surface area contributed by atoms with Gasteiger partial charge in [-0.25, -0.2) is 0 Å². The minimum atomic E-state index is -0.797. The van der Waals surface area contributed by atoms with Crippen molar-refractivity contribution in [1.82, 2.24) is 24.9 Å². The zero-order valence-electron chi connectivity index (χ0n) is 24.4. The Morgan fingerprint density at radius 3 is 2.55 bits per heavy atom. The summed E-state index contributed by atoms with van der Waals surface area (Å²) >= 11 is 0. The molecule has 3 N–H and O–H groups in total. The van der Waals surface area contributed by atoms with Crippen LogP contribution in [0.25, 0.3) is 11.3 Å². The number of rotatable bonds is 10. The van der Waals surface area contributed by atoms with Gasteiger partial charge in [0.1, 0.15) is 17.9 Å². The van der Waals surface area contributed by atoms with Crippen molar-refractivity contribution < 1.29 is 24.5 Å². The first-order valence-electron chi connectivity index (χ1n) is 14.5. The van der Waals surface area contributed by atoms with Crippen LogP contribution in [-0.2, 0) is 16.1 Å². The molecule has 40 heavy (non-hydrogen) atoms. The van der Waals surface area contributed by atoms with E-state index in [1.54, 1.807) is 6.20 Å². The molecule has 1 aromatic heterocycles. The Balaban J connectivity index is 1.60. The smallest absolute Gasteiger partial charge is 0.243 e. The standard InChI is InChI=1S/C30H45N5O5/c1-6-35-26(9-12-31-35)21-7-8-24(28(15-21)40-23-10-13-33(5)14-11-23)25(18-36)32-29(38)27-16-22(37)17-34(27)30(39)20(4)19(2)3/h7-9,12,15,19-20,22-23,25,27,36-37H,6,10-11,13-14,16-18H2,1-5H3,(H,32,38). The molecule has 3 heterocycles. The number of β-amino-alcohol motifs (C(OH)–C–C–N with tert-alkyl or cyclic N) is 1. The number of aliphatic hydroxyl groups is 2. The molecule has 0 saturated carbocycles. The van der Waals surface area contributed by atoms with Crippen molar-refractivity contribution in [3.63, 3.8) is 0 Å². The molecule has 2 fully saturated rings. The largest absolute Gasteiger partial charge is 0.490 e. The van der Waals surface area contributed by atoms with Crippen LogP contribution in [-0.4, -0.2) is 93.1 Å². The van der Waals surface area contributed by atoms with Crippen molar-refractivity contribution in [3.05, 3.63) is 36.0 Å². The van der Waals surface area contributed by atoms with Crippen molar-refractivity contribution in [2.45, 2.75) is 77.8 Å². The van der Waals surface area contributed by atoms with Gasteiger partial charge >= 0.3 is 0 Å². The van der Waals surface area contributed by atoms with Gasteiger partial charge in [0.15, 0.2) is 0 Å². The van der Waals surface area contributed by atoms with Crippen molar-refractivity contribution in [1.29, 1.82) is 0 Å². The summed E-state index contributed by atoms with van der Waals surface area (Å²) in [5, 5.41) is 28.1. The number of carbonyl (C=O) groups is 2. The topological polar surface area (TPSA) is 120 Å². The van der Waals surface area contributed by atoms with Crippen LogP contribution in [0.15, 0.2) is 30.5 Å². The average Bonchev–Trinajstić information content (AvgIpc) is 3.58. The lowest BCUT2D eigenvalue weighted by molar-refractivity contribution is -0.142. The lowest BCUT2D eigenvalue weighted by Crippen LogP contribution is -2.49. The second-order valence-electron chi connectivity index (χ2n) is 11.6. The van der Waals surface area contributed by atoms with Crippen LogP contribution in [0.1, 0.15) is 58.6 Å². The van der Waals surface area contributed by atoms with Crippen LogP contribution in [0.3, 0.4) is 0 Å². The lowest BCUT2D eigenvalue weighted by atomic mass is 9.96. The van der Waals surface area contributed by atoms with E-state index in [1.165, 1.54) is 4.90 Å². The molecule has 2 saturated heterocycles. The third-order valence-corrected chi connectivity index (χ3v) is 8.41. The maximum Gasteiger partial charge on any atom is 0.243 e. The fraction of sp³-hybridized carbons (Fsp3) is 0.633. The van der Waals surface area contributed by atoms with Gasteiger partial charge in [-0.3, -0.25) is 14.3 Å². The summed E-state index contributed by atoms with van der Waals surface area (Å²) in [5.74, 6) is -0.0781. The Labute approximate surface area is 237 Å². The summed E-state index contributed by atoms with van der Waals surface area (Å²) in [5.41, 5.74) is 2.57. The summed E-state index contributed by atoms with van der Waals surface area (Å²) in [7, 11) is 2.10. The fourth-order valence-electron chi connectivity index (χ4n) is 5.54. The van der Waals surface area contributed by atoms with Crippen LogP contribution in [0.4, 0.5) is 0 Å². The molecule has 0 bridgehead atoms. The molecule has 4 unspecified atom stereocenters. The van der Waals surface area contributed by atoms with E-state index < -0.39 is 24.1 Å². The predicted octanol–water partition coefficient (Wildman–Crippen LogP) is 2.45. The van der Waals surface area contributed by atoms with Gasteiger partial charge in [0, 0.05) is 55.8 Å². The zero-order chi connectivity index (χ0) is 29.0. The normalized spacial score (nSPS) is 21.9. The molecule has 2 aliphatic heterocycles. The number of carbonyl (C=O) groups excluding carboxylic acids is 2. The summed E-state index contributed by atoms with van der Waals surface area (Å²) in [6.07, 6.45) is 2.95. The summed E-state index contributed by atoms with van der Waals surface area (Å²) < 4.78 is 8.46. The first kappa shape index (κ1) is 30.0. The molecule has 10 nitrogen and oxygen atoms in total. The van der Waals surface area contributed by atoms with E-state index in [-0.39, 0.29) is 43.4 Å². The van der Waals surface area contributed by atoms with Crippen molar-refractivity contribution in [3.8, 4) is 17.0 Å². The fourth-order valence-corrected chi connectivity index (χ4v) is 5.54. The van der Waals surface area contributed by atoms with Crippen LogP contribution in [0.5, 0.6) is 5.75 Å². The summed E-state index contributed by atoms with van der Waals surface area (Å²) in [4.78, 5) is 30.4. The Bertz CT molecular complexity index is 1160. The summed E-state index contributed by atoms with van der Waals surface area (Å²) in [6, 6.07) is 6.23. The number of ether oxygens (including phenoxy) is 1. The van der Waals surface area contributed by atoms with Crippen LogP contribution in [0.2, 0.25) is 0 Å². The molecule has 2 aromatic rings. The minimum Gasteiger partial charge on any atom is -0.490 e.